The third-order valence-electron chi connectivity index (χ3n) is 3.35. The molecule has 0 bridgehead atoms. The first-order valence-electron chi connectivity index (χ1n) is 6.46. The molecule has 20 heavy (non-hydrogen) atoms. The van der Waals surface area contributed by atoms with Gasteiger partial charge in [-0.1, -0.05) is 6.07 Å². The topological polar surface area (TPSA) is 68.2 Å². The first-order chi connectivity index (χ1) is 9.61. The molecule has 0 radical (unpaired) electrons. The first-order valence-corrected chi connectivity index (χ1v) is 6.46. The second-order valence-corrected chi connectivity index (χ2v) is 4.65. The number of carboxylic acid groups (broad SMARTS) is 1. The van der Waals surface area contributed by atoms with Crippen LogP contribution in [-0.2, 0) is 9.53 Å². The number of hydrogen-bond acceptors (Lipinski definition) is 5. The molecule has 1 heterocycles. The SMILES string of the molecule is COCCN(CC(=O)O)C(C)c1ccc2c(c1)OCO2. The van der Waals surface area contributed by atoms with Crippen molar-refractivity contribution in [3.8, 4) is 11.5 Å². The maximum Gasteiger partial charge on any atom is 0.317 e. The summed E-state index contributed by atoms with van der Waals surface area (Å²) in [5, 5.41) is 9.01. The van der Waals surface area contributed by atoms with Crippen molar-refractivity contribution in [2.24, 2.45) is 0 Å². The lowest BCUT2D eigenvalue weighted by molar-refractivity contribution is -0.139. The number of ether oxygens (including phenoxy) is 3. The van der Waals surface area contributed by atoms with Crippen molar-refractivity contribution >= 4 is 5.97 Å². The number of carboxylic acids is 1. The van der Waals surface area contributed by atoms with Crippen LogP contribution in [0.4, 0.5) is 0 Å². The average Bonchev–Trinajstić information content (AvgIpc) is 2.89. The number of methoxy groups -OCH3 is 1. The van der Waals surface area contributed by atoms with E-state index in [2.05, 4.69) is 0 Å². The van der Waals surface area contributed by atoms with Crippen LogP contribution < -0.4 is 9.47 Å². The largest absolute Gasteiger partial charge is 0.480 e. The Bertz CT molecular complexity index is 477. The fourth-order valence-corrected chi connectivity index (χ4v) is 2.18. The third-order valence-corrected chi connectivity index (χ3v) is 3.35. The van der Waals surface area contributed by atoms with Gasteiger partial charge in [0.15, 0.2) is 11.5 Å². The van der Waals surface area contributed by atoms with E-state index in [1.54, 1.807) is 7.11 Å². The van der Waals surface area contributed by atoms with Crippen LogP contribution in [-0.4, -0.2) is 49.6 Å². The lowest BCUT2D eigenvalue weighted by Gasteiger charge is -2.27. The minimum atomic E-state index is -0.853. The highest BCUT2D eigenvalue weighted by atomic mass is 16.7. The van der Waals surface area contributed by atoms with Crippen LogP contribution in [0.1, 0.15) is 18.5 Å². The van der Waals surface area contributed by atoms with Crippen molar-refractivity contribution < 1.29 is 24.1 Å². The molecule has 0 spiro atoms. The molecule has 2 rings (SSSR count). The Balaban J connectivity index is 2.13. The van der Waals surface area contributed by atoms with Gasteiger partial charge in [0.05, 0.1) is 13.2 Å². The lowest BCUT2D eigenvalue weighted by Crippen LogP contribution is -2.35. The molecular formula is C14H19NO5. The minimum absolute atomic E-state index is 0.0288. The fourth-order valence-electron chi connectivity index (χ4n) is 2.18. The highest BCUT2D eigenvalue weighted by molar-refractivity contribution is 5.69. The lowest BCUT2D eigenvalue weighted by atomic mass is 10.1. The van der Waals surface area contributed by atoms with Crippen molar-refractivity contribution in [1.29, 1.82) is 0 Å². The molecule has 1 aliphatic rings. The maximum atomic E-state index is 11.0. The monoisotopic (exact) mass is 281 g/mol. The summed E-state index contributed by atoms with van der Waals surface area (Å²) in [5.74, 6) is 0.577. The number of fused-ring (bicyclic) bond motifs is 1. The molecule has 0 aromatic heterocycles. The zero-order valence-corrected chi connectivity index (χ0v) is 11.7. The average molecular weight is 281 g/mol. The molecule has 1 N–H and O–H groups in total. The number of hydrogen-bond donors (Lipinski definition) is 1. The summed E-state index contributed by atoms with van der Waals surface area (Å²) in [7, 11) is 1.60. The number of carbonyl (C=O) groups is 1. The van der Waals surface area contributed by atoms with Crippen molar-refractivity contribution in [2.75, 3.05) is 33.6 Å². The summed E-state index contributed by atoms with van der Waals surface area (Å²) in [6.45, 7) is 3.21. The molecule has 1 atom stereocenters. The van der Waals surface area contributed by atoms with E-state index in [1.165, 1.54) is 0 Å². The van der Waals surface area contributed by atoms with Gasteiger partial charge in [-0.3, -0.25) is 9.69 Å². The Morgan fingerprint density at radius 1 is 1.45 bits per heavy atom. The first kappa shape index (κ1) is 14.6. The number of rotatable bonds is 7. The summed E-state index contributed by atoms with van der Waals surface area (Å²) >= 11 is 0. The molecule has 6 heteroatoms. The van der Waals surface area contributed by atoms with E-state index < -0.39 is 5.97 Å². The van der Waals surface area contributed by atoms with Crippen molar-refractivity contribution in [1.82, 2.24) is 4.90 Å². The fraction of sp³-hybridized carbons (Fsp3) is 0.500. The van der Waals surface area contributed by atoms with E-state index in [0.717, 1.165) is 11.3 Å². The van der Waals surface area contributed by atoms with Crippen LogP contribution in [0.15, 0.2) is 18.2 Å². The molecule has 1 unspecified atom stereocenters. The number of benzene rings is 1. The van der Waals surface area contributed by atoms with Crippen LogP contribution >= 0.6 is 0 Å². The van der Waals surface area contributed by atoms with Crippen molar-refractivity contribution in [3.05, 3.63) is 23.8 Å². The van der Waals surface area contributed by atoms with Gasteiger partial charge >= 0.3 is 5.97 Å². The normalized spacial score (nSPS) is 14.6. The van der Waals surface area contributed by atoms with Gasteiger partial charge in [-0.15, -0.1) is 0 Å². The quantitative estimate of drug-likeness (QED) is 0.817. The van der Waals surface area contributed by atoms with Crippen LogP contribution in [0, 0.1) is 0 Å². The van der Waals surface area contributed by atoms with Crippen LogP contribution in [0.25, 0.3) is 0 Å². The molecule has 0 saturated heterocycles. The molecule has 0 fully saturated rings. The molecule has 1 aliphatic heterocycles. The zero-order chi connectivity index (χ0) is 14.5. The molecule has 6 nitrogen and oxygen atoms in total. The van der Waals surface area contributed by atoms with Gasteiger partial charge in [0.1, 0.15) is 0 Å². The third kappa shape index (κ3) is 3.40. The van der Waals surface area contributed by atoms with E-state index in [4.69, 9.17) is 19.3 Å². The molecule has 1 aromatic rings. The van der Waals surface area contributed by atoms with E-state index in [1.807, 2.05) is 30.0 Å². The van der Waals surface area contributed by atoms with Crippen LogP contribution in [0.3, 0.4) is 0 Å². The van der Waals surface area contributed by atoms with Crippen molar-refractivity contribution in [3.63, 3.8) is 0 Å². The highest BCUT2D eigenvalue weighted by Gasteiger charge is 2.21. The summed E-state index contributed by atoms with van der Waals surface area (Å²) in [5.41, 5.74) is 0.992. The number of nitrogens with zero attached hydrogens (tertiary/aromatic N) is 1. The van der Waals surface area contributed by atoms with Gasteiger partial charge in [-0.2, -0.15) is 0 Å². The zero-order valence-electron chi connectivity index (χ0n) is 11.7. The molecule has 0 amide bonds. The predicted octanol–water partition coefficient (Wildman–Crippen LogP) is 1.51. The smallest absolute Gasteiger partial charge is 0.317 e. The summed E-state index contributed by atoms with van der Waals surface area (Å²) in [6, 6.07) is 5.63. The van der Waals surface area contributed by atoms with Gasteiger partial charge in [0.25, 0.3) is 0 Å². The molecule has 0 aliphatic carbocycles. The molecule has 0 saturated carbocycles. The highest BCUT2D eigenvalue weighted by Crippen LogP contribution is 2.35. The Morgan fingerprint density at radius 2 is 2.20 bits per heavy atom. The Morgan fingerprint density at radius 3 is 2.90 bits per heavy atom. The molecule has 1 aromatic carbocycles. The second-order valence-electron chi connectivity index (χ2n) is 4.65. The van der Waals surface area contributed by atoms with Crippen LogP contribution in [0.2, 0.25) is 0 Å². The Hall–Kier alpha value is -1.79. The van der Waals surface area contributed by atoms with Gasteiger partial charge in [-0.25, -0.2) is 0 Å². The standard InChI is InChI=1S/C14H19NO5/c1-10(15(5-6-18-2)8-14(16)17)11-3-4-12-13(7-11)20-9-19-12/h3-4,7,10H,5-6,8-9H2,1-2H3,(H,16,17). The molecular weight excluding hydrogens is 262 g/mol. The minimum Gasteiger partial charge on any atom is -0.480 e. The summed E-state index contributed by atoms with van der Waals surface area (Å²) < 4.78 is 15.7. The van der Waals surface area contributed by atoms with E-state index in [-0.39, 0.29) is 19.4 Å². The van der Waals surface area contributed by atoms with Crippen molar-refractivity contribution in [2.45, 2.75) is 13.0 Å². The van der Waals surface area contributed by atoms with Crippen LogP contribution in [0.5, 0.6) is 11.5 Å². The van der Waals surface area contributed by atoms with Gasteiger partial charge in [-0.05, 0) is 24.6 Å². The van der Waals surface area contributed by atoms with Gasteiger partial charge in [0, 0.05) is 19.7 Å². The Kier molecular flexibility index (Phi) is 4.81. The van der Waals surface area contributed by atoms with Gasteiger partial charge in [0.2, 0.25) is 6.79 Å². The van der Waals surface area contributed by atoms with E-state index in [9.17, 15) is 4.79 Å². The Labute approximate surface area is 117 Å². The van der Waals surface area contributed by atoms with Gasteiger partial charge < -0.3 is 19.3 Å². The second kappa shape index (κ2) is 6.58. The maximum absolute atomic E-state index is 11.0. The molecule has 110 valence electrons. The summed E-state index contributed by atoms with van der Waals surface area (Å²) in [6.07, 6.45) is 0. The predicted molar refractivity (Wildman–Crippen MR) is 72.1 cm³/mol. The summed E-state index contributed by atoms with van der Waals surface area (Å²) in [4.78, 5) is 12.8. The van der Waals surface area contributed by atoms with E-state index >= 15 is 0 Å². The number of aliphatic carboxylic acids is 1. The van der Waals surface area contributed by atoms with E-state index in [0.29, 0.717) is 18.9 Å².